The Morgan fingerprint density at radius 3 is 2.17 bits per heavy atom. The van der Waals surface area contributed by atoms with Gasteiger partial charge in [-0.3, -0.25) is 9.59 Å². The predicted octanol–water partition coefficient (Wildman–Crippen LogP) is 5.23. The topological polar surface area (TPSA) is 58.6 Å². The normalized spacial score (nSPS) is 11.7. The van der Waals surface area contributed by atoms with Crippen LogP contribution in [0.4, 0.5) is 4.39 Å². The van der Waals surface area contributed by atoms with Crippen LogP contribution in [0.5, 0.6) is 5.75 Å². The monoisotopic (exact) mass is 490 g/mol. The molecule has 0 saturated heterocycles. The lowest BCUT2D eigenvalue weighted by atomic mass is 10.0. The molecule has 0 saturated carbocycles. The molecule has 0 spiro atoms. The molecular formula is C30H35FN2O3. The number of benzene rings is 3. The minimum atomic E-state index is -0.758. The molecule has 0 bridgehead atoms. The summed E-state index contributed by atoms with van der Waals surface area (Å²) in [5.41, 5.74) is 3.74. The number of hydrogen-bond donors (Lipinski definition) is 1. The van der Waals surface area contributed by atoms with Gasteiger partial charge in [0.15, 0.2) is 6.61 Å². The Bertz CT molecular complexity index is 1130. The molecule has 0 aliphatic rings. The van der Waals surface area contributed by atoms with Crippen molar-refractivity contribution in [2.75, 3.05) is 13.2 Å². The van der Waals surface area contributed by atoms with E-state index in [1.165, 1.54) is 12.1 Å². The van der Waals surface area contributed by atoms with Crippen molar-refractivity contribution in [2.45, 2.75) is 46.7 Å². The molecule has 0 radical (unpaired) electrons. The van der Waals surface area contributed by atoms with Gasteiger partial charge in [0, 0.05) is 19.5 Å². The Balaban J connectivity index is 1.90. The van der Waals surface area contributed by atoms with Gasteiger partial charge in [-0.05, 0) is 66.3 Å². The van der Waals surface area contributed by atoms with Gasteiger partial charge in [-0.1, -0.05) is 62.4 Å². The first-order valence-corrected chi connectivity index (χ1v) is 12.3. The van der Waals surface area contributed by atoms with Crippen LogP contribution in [0.25, 0.3) is 0 Å². The average Bonchev–Trinajstić information content (AvgIpc) is 2.84. The molecule has 1 N–H and O–H groups in total. The maximum atomic E-state index is 13.6. The lowest BCUT2D eigenvalue weighted by molar-refractivity contribution is -0.142. The van der Waals surface area contributed by atoms with Crippen molar-refractivity contribution in [3.63, 3.8) is 0 Å². The number of carbonyl (C=O) groups is 2. The number of halogens is 1. The molecule has 3 aromatic rings. The molecule has 1 atom stereocenters. The largest absolute Gasteiger partial charge is 0.484 e. The van der Waals surface area contributed by atoms with E-state index in [1.54, 1.807) is 17.0 Å². The summed E-state index contributed by atoms with van der Waals surface area (Å²) in [4.78, 5) is 28.5. The number of nitrogens with one attached hydrogen (secondary N) is 1. The van der Waals surface area contributed by atoms with Crippen LogP contribution in [0.15, 0.2) is 72.8 Å². The number of rotatable bonds is 11. The van der Waals surface area contributed by atoms with Crippen LogP contribution < -0.4 is 10.1 Å². The molecule has 0 unspecified atom stereocenters. The molecule has 36 heavy (non-hydrogen) atoms. The Labute approximate surface area is 213 Å². The minimum absolute atomic E-state index is 0.155. The molecule has 3 aromatic carbocycles. The number of nitrogens with zero attached hydrogens (tertiary/aromatic N) is 1. The zero-order chi connectivity index (χ0) is 26.1. The van der Waals surface area contributed by atoms with E-state index in [-0.39, 0.29) is 36.7 Å². The van der Waals surface area contributed by atoms with Gasteiger partial charge in [-0.2, -0.15) is 0 Å². The van der Waals surface area contributed by atoms with Gasteiger partial charge in [-0.15, -0.1) is 0 Å². The lowest BCUT2D eigenvalue weighted by Gasteiger charge is -2.31. The van der Waals surface area contributed by atoms with Crippen LogP contribution in [-0.4, -0.2) is 35.9 Å². The van der Waals surface area contributed by atoms with Gasteiger partial charge < -0.3 is 15.0 Å². The Kier molecular flexibility index (Phi) is 9.62. The maximum absolute atomic E-state index is 13.6. The highest BCUT2D eigenvalue weighted by Gasteiger charge is 2.30. The van der Waals surface area contributed by atoms with Gasteiger partial charge in [-0.25, -0.2) is 4.39 Å². The van der Waals surface area contributed by atoms with E-state index in [2.05, 4.69) is 5.32 Å². The molecule has 3 rings (SSSR count). The Morgan fingerprint density at radius 2 is 1.56 bits per heavy atom. The van der Waals surface area contributed by atoms with Crippen LogP contribution >= 0.6 is 0 Å². The van der Waals surface area contributed by atoms with Crippen LogP contribution in [-0.2, 0) is 22.6 Å². The zero-order valence-corrected chi connectivity index (χ0v) is 21.5. The SMILES string of the molecule is Cc1cc(C)cc(OCC(=O)N(Cc2ccc(F)cc2)[C@H](Cc2ccccc2)C(=O)NCC(C)C)c1. The average molecular weight is 491 g/mol. The van der Waals surface area contributed by atoms with Crippen molar-refractivity contribution in [3.05, 3.63) is 101 Å². The smallest absolute Gasteiger partial charge is 0.261 e. The van der Waals surface area contributed by atoms with Crippen molar-refractivity contribution in [2.24, 2.45) is 5.92 Å². The van der Waals surface area contributed by atoms with Crippen molar-refractivity contribution in [3.8, 4) is 5.75 Å². The van der Waals surface area contributed by atoms with Gasteiger partial charge >= 0.3 is 0 Å². The first-order valence-electron chi connectivity index (χ1n) is 12.3. The number of aryl methyl sites for hydroxylation is 2. The van der Waals surface area contributed by atoms with E-state index in [1.807, 2.05) is 76.2 Å². The second-order valence-electron chi connectivity index (χ2n) is 9.60. The standard InChI is InChI=1S/C30H35FN2O3/c1-21(2)18-32-30(35)28(17-24-8-6-5-7-9-24)33(19-25-10-12-26(31)13-11-25)29(34)20-36-27-15-22(3)14-23(4)16-27/h5-16,21,28H,17-20H2,1-4H3,(H,32,35)/t28-/m1/s1. The third-order valence-corrected chi connectivity index (χ3v) is 5.78. The molecule has 0 aliphatic heterocycles. The van der Waals surface area contributed by atoms with Gasteiger partial charge in [0.2, 0.25) is 5.91 Å². The van der Waals surface area contributed by atoms with E-state index in [0.717, 1.165) is 22.3 Å². The fourth-order valence-electron chi connectivity index (χ4n) is 4.01. The predicted molar refractivity (Wildman–Crippen MR) is 140 cm³/mol. The number of ether oxygens (including phenoxy) is 1. The molecular weight excluding hydrogens is 455 g/mol. The molecule has 190 valence electrons. The summed E-state index contributed by atoms with van der Waals surface area (Å²) in [7, 11) is 0. The highest BCUT2D eigenvalue weighted by Crippen LogP contribution is 2.19. The molecule has 0 aromatic heterocycles. The van der Waals surface area contributed by atoms with E-state index in [9.17, 15) is 14.0 Å². The van der Waals surface area contributed by atoms with Crippen LogP contribution in [0, 0.1) is 25.6 Å². The van der Waals surface area contributed by atoms with E-state index in [0.29, 0.717) is 18.7 Å². The summed E-state index contributed by atoms with van der Waals surface area (Å²) in [6.45, 7) is 8.42. The van der Waals surface area contributed by atoms with Crippen molar-refractivity contribution in [1.82, 2.24) is 10.2 Å². The summed E-state index contributed by atoms with van der Waals surface area (Å²) >= 11 is 0. The lowest BCUT2D eigenvalue weighted by Crippen LogP contribution is -2.52. The van der Waals surface area contributed by atoms with Gasteiger partial charge in [0.05, 0.1) is 0 Å². The summed E-state index contributed by atoms with van der Waals surface area (Å²) in [5.74, 6) is -0.0364. The molecule has 0 heterocycles. The third-order valence-electron chi connectivity index (χ3n) is 5.78. The van der Waals surface area contributed by atoms with Crippen LogP contribution in [0.3, 0.4) is 0 Å². The van der Waals surface area contributed by atoms with Gasteiger partial charge in [0.25, 0.3) is 5.91 Å². The number of amides is 2. The summed E-state index contributed by atoms with van der Waals surface area (Å²) in [6.07, 6.45) is 0.348. The van der Waals surface area contributed by atoms with Crippen LogP contribution in [0.1, 0.15) is 36.1 Å². The summed E-state index contributed by atoms with van der Waals surface area (Å²) < 4.78 is 19.4. The molecule has 0 fully saturated rings. The first kappa shape index (κ1) is 26.9. The van der Waals surface area contributed by atoms with Crippen molar-refractivity contribution >= 4 is 11.8 Å². The van der Waals surface area contributed by atoms with Crippen molar-refractivity contribution in [1.29, 1.82) is 0 Å². The zero-order valence-electron chi connectivity index (χ0n) is 21.5. The fourth-order valence-corrected chi connectivity index (χ4v) is 4.01. The second-order valence-corrected chi connectivity index (χ2v) is 9.60. The summed E-state index contributed by atoms with van der Waals surface area (Å²) in [5, 5.41) is 2.99. The van der Waals surface area contributed by atoms with Crippen LogP contribution in [0.2, 0.25) is 0 Å². The highest BCUT2D eigenvalue weighted by molar-refractivity contribution is 5.88. The third kappa shape index (κ3) is 8.22. The fraction of sp³-hybridized carbons (Fsp3) is 0.333. The van der Waals surface area contributed by atoms with Gasteiger partial charge in [0.1, 0.15) is 17.6 Å². The number of hydrogen-bond acceptors (Lipinski definition) is 3. The number of carbonyl (C=O) groups excluding carboxylic acids is 2. The minimum Gasteiger partial charge on any atom is -0.484 e. The first-order chi connectivity index (χ1) is 17.2. The van der Waals surface area contributed by atoms with Crippen molar-refractivity contribution < 1.29 is 18.7 Å². The second kappa shape index (κ2) is 12.9. The Morgan fingerprint density at radius 1 is 0.917 bits per heavy atom. The highest BCUT2D eigenvalue weighted by atomic mass is 19.1. The molecule has 5 nitrogen and oxygen atoms in total. The van der Waals surface area contributed by atoms with E-state index < -0.39 is 6.04 Å². The maximum Gasteiger partial charge on any atom is 0.261 e. The van der Waals surface area contributed by atoms with E-state index >= 15 is 0 Å². The quantitative estimate of drug-likeness (QED) is 0.400. The molecule has 6 heteroatoms. The Hall–Kier alpha value is -3.67. The summed E-state index contributed by atoms with van der Waals surface area (Å²) in [6, 6.07) is 20.6. The van der Waals surface area contributed by atoms with E-state index in [4.69, 9.17) is 4.74 Å². The molecule has 0 aliphatic carbocycles. The molecule has 2 amide bonds.